The molecule has 0 aromatic carbocycles. The van der Waals surface area contributed by atoms with Gasteiger partial charge in [-0.25, -0.2) is 9.79 Å². The Hall–Kier alpha value is -0.930. The van der Waals surface area contributed by atoms with E-state index in [1.165, 1.54) is 0 Å². The molecular weight excluding hydrogens is 200 g/mol. The highest BCUT2D eigenvalue weighted by Crippen LogP contribution is 2.13. The van der Waals surface area contributed by atoms with E-state index in [-0.39, 0.29) is 12.1 Å². The average molecular weight is 214 g/mol. The Morgan fingerprint density at radius 3 is 2.79 bits per heavy atom. The Kier molecular flexibility index (Phi) is 4.56. The number of aliphatic imine (C=N–C) groups is 1. The van der Waals surface area contributed by atoms with Gasteiger partial charge in [0.25, 0.3) is 0 Å². The van der Waals surface area contributed by atoms with Gasteiger partial charge in [-0.05, 0) is 32.0 Å². The highest BCUT2D eigenvalue weighted by molar-refractivity contribution is 7.78. The summed E-state index contributed by atoms with van der Waals surface area (Å²) in [4.78, 5) is 17.0. The van der Waals surface area contributed by atoms with E-state index in [4.69, 9.17) is 4.74 Å². The number of carbonyl (C=O) groups is 1. The Morgan fingerprint density at radius 1 is 1.64 bits per heavy atom. The molecule has 0 aromatic heterocycles. The van der Waals surface area contributed by atoms with Gasteiger partial charge in [-0.1, -0.05) is 0 Å². The van der Waals surface area contributed by atoms with Crippen molar-refractivity contribution in [3.8, 4) is 0 Å². The summed E-state index contributed by atoms with van der Waals surface area (Å²) in [6, 6.07) is 0.234. The highest BCUT2D eigenvalue weighted by atomic mass is 32.1. The molecule has 1 amide bonds. The summed E-state index contributed by atoms with van der Waals surface area (Å²) in [6.45, 7) is 3.63. The van der Waals surface area contributed by atoms with Gasteiger partial charge in [0.15, 0.2) is 0 Å². The maximum Gasteiger partial charge on any atom is 0.409 e. The van der Waals surface area contributed by atoms with E-state index in [0.717, 1.165) is 12.8 Å². The van der Waals surface area contributed by atoms with Gasteiger partial charge in [0.05, 0.1) is 17.8 Å². The van der Waals surface area contributed by atoms with Crippen LogP contribution in [0.1, 0.15) is 19.8 Å². The van der Waals surface area contributed by atoms with Crippen molar-refractivity contribution < 1.29 is 9.53 Å². The lowest BCUT2D eigenvalue weighted by molar-refractivity contribution is 0.0976. The van der Waals surface area contributed by atoms with Crippen LogP contribution in [0.5, 0.6) is 0 Å². The smallest absolute Gasteiger partial charge is 0.409 e. The number of isothiocyanates is 1. The van der Waals surface area contributed by atoms with Gasteiger partial charge in [-0.2, -0.15) is 0 Å². The average Bonchev–Trinajstić information content (AvgIpc) is 2.20. The molecule has 4 nitrogen and oxygen atoms in total. The van der Waals surface area contributed by atoms with Crippen molar-refractivity contribution in [2.75, 3.05) is 19.7 Å². The first-order valence-electron chi connectivity index (χ1n) is 4.76. The van der Waals surface area contributed by atoms with Crippen LogP contribution in [0.3, 0.4) is 0 Å². The molecule has 0 spiro atoms. The number of likely N-dealkylation sites (tertiary alicyclic amines) is 1. The predicted molar refractivity (Wildman–Crippen MR) is 56.6 cm³/mol. The van der Waals surface area contributed by atoms with Crippen molar-refractivity contribution in [2.45, 2.75) is 25.8 Å². The van der Waals surface area contributed by atoms with E-state index in [1.54, 1.807) is 11.8 Å². The molecule has 5 heteroatoms. The molecule has 0 aliphatic carbocycles. The minimum absolute atomic E-state index is 0.225. The van der Waals surface area contributed by atoms with E-state index in [2.05, 4.69) is 22.4 Å². The second-order valence-corrected chi connectivity index (χ2v) is 3.32. The molecule has 0 saturated carbocycles. The Morgan fingerprint density at radius 2 is 2.29 bits per heavy atom. The number of thiocarbonyl (C=S) groups is 1. The van der Waals surface area contributed by atoms with E-state index in [9.17, 15) is 4.79 Å². The number of hydrogen-bond acceptors (Lipinski definition) is 4. The largest absolute Gasteiger partial charge is 0.450 e. The van der Waals surface area contributed by atoms with E-state index < -0.39 is 0 Å². The molecule has 1 aliphatic heterocycles. The first-order chi connectivity index (χ1) is 6.77. The van der Waals surface area contributed by atoms with Crippen LogP contribution in [-0.4, -0.2) is 41.9 Å². The summed E-state index contributed by atoms with van der Waals surface area (Å²) in [5.74, 6) is 0. The summed E-state index contributed by atoms with van der Waals surface area (Å²) < 4.78 is 4.90. The number of ether oxygens (including phenoxy) is 1. The first kappa shape index (κ1) is 11.1. The SMILES string of the molecule is CCOC(=O)N1CCC(N=C=S)CC1. The maximum atomic E-state index is 11.3. The number of amides is 1. The molecule has 1 rings (SSSR count). The predicted octanol–water partition coefficient (Wildman–Crippen LogP) is 1.71. The minimum atomic E-state index is -0.225. The molecule has 1 heterocycles. The van der Waals surface area contributed by atoms with Crippen LogP contribution in [0.4, 0.5) is 4.79 Å². The molecule has 0 N–H and O–H groups in total. The maximum absolute atomic E-state index is 11.3. The van der Waals surface area contributed by atoms with Crippen LogP contribution in [0, 0.1) is 0 Å². The minimum Gasteiger partial charge on any atom is -0.450 e. The summed E-state index contributed by atoms with van der Waals surface area (Å²) >= 11 is 4.53. The van der Waals surface area contributed by atoms with E-state index in [0.29, 0.717) is 19.7 Å². The Balaban J connectivity index is 2.35. The van der Waals surface area contributed by atoms with Gasteiger partial charge in [0.1, 0.15) is 0 Å². The number of hydrogen-bond donors (Lipinski definition) is 0. The Labute approximate surface area is 88.9 Å². The zero-order valence-corrected chi connectivity index (χ0v) is 9.05. The molecular formula is C9H14N2O2S. The van der Waals surface area contributed by atoms with E-state index >= 15 is 0 Å². The van der Waals surface area contributed by atoms with Crippen molar-refractivity contribution >= 4 is 23.5 Å². The molecule has 1 fully saturated rings. The molecule has 1 saturated heterocycles. The molecule has 14 heavy (non-hydrogen) atoms. The van der Waals surface area contributed by atoms with Gasteiger partial charge in [-0.15, -0.1) is 0 Å². The third-order valence-electron chi connectivity index (χ3n) is 2.23. The van der Waals surface area contributed by atoms with Gasteiger partial charge >= 0.3 is 6.09 Å². The monoisotopic (exact) mass is 214 g/mol. The fourth-order valence-corrected chi connectivity index (χ4v) is 1.62. The topological polar surface area (TPSA) is 41.9 Å². The van der Waals surface area contributed by atoms with Gasteiger partial charge in [0, 0.05) is 13.1 Å². The zero-order valence-electron chi connectivity index (χ0n) is 8.23. The van der Waals surface area contributed by atoms with Crippen LogP contribution in [0.15, 0.2) is 4.99 Å². The first-order valence-corrected chi connectivity index (χ1v) is 5.17. The molecule has 0 aromatic rings. The summed E-state index contributed by atoms with van der Waals surface area (Å²) in [7, 11) is 0. The lowest BCUT2D eigenvalue weighted by Crippen LogP contribution is -2.39. The molecule has 0 unspecified atom stereocenters. The second kappa shape index (κ2) is 5.73. The lowest BCUT2D eigenvalue weighted by Gasteiger charge is -2.28. The zero-order chi connectivity index (χ0) is 10.4. The van der Waals surface area contributed by atoms with Crippen LogP contribution < -0.4 is 0 Å². The lowest BCUT2D eigenvalue weighted by atomic mass is 10.1. The fourth-order valence-electron chi connectivity index (χ4n) is 1.47. The second-order valence-electron chi connectivity index (χ2n) is 3.14. The standard InChI is InChI=1S/C9H14N2O2S/c1-2-13-9(12)11-5-3-8(4-6-11)10-7-14/h8H,2-6H2,1H3. The van der Waals surface area contributed by atoms with Crippen molar-refractivity contribution in [3.05, 3.63) is 0 Å². The van der Waals surface area contributed by atoms with Crippen LogP contribution in [0.2, 0.25) is 0 Å². The van der Waals surface area contributed by atoms with Crippen molar-refractivity contribution in [3.63, 3.8) is 0 Å². The van der Waals surface area contributed by atoms with E-state index in [1.807, 2.05) is 0 Å². The third kappa shape index (κ3) is 3.09. The highest BCUT2D eigenvalue weighted by Gasteiger charge is 2.22. The van der Waals surface area contributed by atoms with Crippen LogP contribution in [0.25, 0.3) is 0 Å². The normalized spacial score (nSPS) is 17.4. The molecule has 1 aliphatic rings. The van der Waals surface area contributed by atoms with Gasteiger partial charge < -0.3 is 9.64 Å². The number of carbonyl (C=O) groups excluding carboxylic acids is 1. The van der Waals surface area contributed by atoms with Crippen molar-refractivity contribution in [2.24, 2.45) is 4.99 Å². The summed E-state index contributed by atoms with van der Waals surface area (Å²) in [5, 5.41) is 2.38. The number of piperidine rings is 1. The number of nitrogens with zero attached hydrogens (tertiary/aromatic N) is 2. The fraction of sp³-hybridized carbons (Fsp3) is 0.778. The van der Waals surface area contributed by atoms with Gasteiger partial charge in [-0.3, -0.25) is 0 Å². The molecule has 0 atom stereocenters. The summed E-state index contributed by atoms with van der Waals surface area (Å²) in [6.07, 6.45) is 1.47. The molecule has 78 valence electrons. The van der Waals surface area contributed by atoms with Crippen molar-refractivity contribution in [1.82, 2.24) is 4.90 Å². The van der Waals surface area contributed by atoms with Crippen LogP contribution >= 0.6 is 12.2 Å². The van der Waals surface area contributed by atoms with Gasteiger partial charge in [0.2, 0.25) is 0 Å². The summed E-state index contributed by atoms with van der Waals surface area (Å²) in [5.41, 5.74) is 0. The van der Waals surface area contributed by atoms with Crippen LogP contribution in [-0.2, 0) is 4.74 Å². The van der Waals surface area contributed by atoms with Crippen molar-refractivity contribution in [1.29, 1.82) is 0 Å². The molecule has 0 bridgehead atoms. The number of rotatable bonds is 2. The quantitative estimate of drug-likeness (QED) is 0.519. The molecule has 0 radical (unpaired) electrons. The third-order valence-corrected chi connectivity index (χ3v) is 2.33. The Bertz CT molecular complexity index is 243.